The van der Waals surface area contributed by atoms with Gasteiger partial charge in [0.1, 0.15) is 4.08 Å². The SMILES string of the molecule is C=CC(C)(S(=O)[O-])S(=O)[O-]. The molecule has 10 heavy (non-hydrogen) atoms. The van der Waals surface area contributed by atoms with E-state index in [1.807, 2.05) is 0 Å². The molecule has 0 aliphatic rings. The second-order valence-electron chi connectivity index (χ2n) is 1.69. The first-order valence-electron chi connectivity index (χ1n) is 2.27. The highest BCUT2D eigenvalue weighted by Crippen LogP contribution is 2.16. The molecule has 0 saturated heterocycles. The van der Waals surface area contributed by atoms with Crippen molar-refractivity contribution in [2.75, 3.05) is 0 Å². The fourth-order valence-electron chi connectivity index (χ4n) is 0.192. The van der Waals surface area contributed by atoms with Gasteiger partial charge in [0, 0.05) is 0 Å². The minimum absolute atomic E-state index is 0.860. The van der Waals surface area contributed by atoms with Crippen molar-refractivity contribution in [1.29, 1.82) is 0 Å². The highest BCUT2D eigenvalue weighted by Gasteiger charge is 2.21. The molecule has 0 spiro atoms. The maximum absolute atomic E-state index is 10.2. The second kappa shape index (κ2) is 3.38. The summed E-state index contributed by atoms with van der Waals surface area (Å²) >= 11 is -5.36. The van der Waals surface area contributed by atoms with E-state index in [4.69, 9.17) is 0 Å². The van der Waals surface area contributed by atoms with Crippen molar-refractivity contribution in [3.63, 3.8) is 0 Å². The van der Waals surface area contributed by atoms with Crippen molar-refractivity contribution in [2.45, 2.75) is 11.0 Å². The summed E-state index contributed by atoms with van der Waals surface area (Å²) in [5.41, 5.74) is 0. The molecule has 0 aliphatic heterocycles. The fraction of sp³-hybridized carbons (Fsp3) is 0.500. The van der Waals surface area contributed by atoms with Crippen LogP contribution in [0.4, 0.5) is 0 Å². The zero-order valence-corrected chi connectivity index (χ0v) is 6.87. The van der Waals surface area contributed by atoms with Gasteiger partial charge in [0.05, 0.1) is 0 Å². The Morgan fingerprint density at radius 2 is 1.70 bits per heavy atom. The van der Waals surface area contributed by atoms with E-state index in [0.717, 1.165) is 13.0 Å². The lowest BCUT2D eigenvalue weighted by molar-refractivity contribution is 0.503. The molecular weight excluding hydrogens is 176 g/mol. The summed E-state index contributed by atoms with van der Waals surface area (Å²) in [6, 6.07) is 0. The van der Waals surface area contributed by atoms with E-state index in [0.29, 0.717) is 0 Å². The molecule has 6 heteroatoms. The minimum atomic E-state index is -2.68. The van der Waals surface area contributed by atoms with Crippen LogP contribution >= 0.6 is 0 Å². The van der Waals surface area contributed by atoms with Crippen LogP contribution in [-0.2, 0) is 22.2 Å². The van der Waals surface area contributed by atoms with Crippen molar-refractivity contribution in [3.8, 4) is 0 Å². The fourth-order valence-corrected chi connectivity index (χ4v) is 0.908. The first-order chi connectivity index (χ1) is 4.45. The molecule has 0 N–H and O–H groups in total. The maximum atomic E-state index is 10.2. The summed E-state index contributed by atoms with van der Waals surface area (Å²) in [4.78, 5) is 0. The summed E-state index contributed by atoms with van der Waals surface area (Å²) in [6.45, 7) is 4.14. The van der Waals surface area contributed by atoms with E-state index in [1.54, 1.807) is 0 Å². The Kier molecular flexibility index (Phi) is 3.37. The average molecular weight is 182 g/mol. The molecule has 0 aromatic rings. The third-order valence-electron chi connectivity index (χ3n) is 1.03. The molecule has 0 rings (SSSR count). The van der Waals surface area contributed by atoms with Gasteiger partial charge in [-0.15, -0.1) is 6.58 Å². The van der Waals surface area contributed by atoms with Crippen LogP contribution in [0.2, 0.25) is 0 Å². The topological polar surface area (TPSA) is 80.3 Å². The quantitative estimate of drug-likeness (QED) is 0.441. The Labute approximate surface area is 63.9 Å². The monoisotopic (exact) mass is 182 g/mol. The maximum Gasteiger partial charge on any atom is 0.109 e. The molecule has 60 valence electrons. The lowest BCUT2D eigenvalue weighted by Gasteiger charge is -2.30. The average Bonchev–Trinajstić information content (AvgIpc) is 1.85. The van der Waals surface area contributed by atoms with Crippen molar-refractivity contribution in [1.82, 2.24) is 0 Å². The van der Waals surface area contributed by atoms with Crippen LogP contribution in [0.15, 0.2) is 12.7 Å². The van der Waals surface area contributed by atoms with Crippen LogP contribution in [0, 0.1) is 0 Å². The molecule has 0 aliphatic carbocycles. The summed E-state index contributed by atoms with van der Waals surface area (Å²) in [5, 5.41) is 0. The molecule has 0 heterocycles. The molecule has 0 aromatic carbocycles. The first kappa shape index (κ1) is 9.96. The van der Waals surface area contributed by atoms with Crippen LogP contribution in [0.3, 0.4) is 0 Å². The van der Waals surface area contributed by atoms with Gasteiger partial charge in [-0.05, 0) is 29.1 Å². The number of hydrogen-bond acceptors (Lipinski definition) is 4. The summed E-state index contributed by atoms with van der Waals surface area (Å²) < 4.78 is 39.1. The standard InChI is InChI=1S/C4H8O4S2/c1-3-4(2,9(5)6)10(7)8/h3H,1H2,2H3,(H,5,6)(H,7,8)/p-2. The van der Waals surface area contributed by atoms with Crippen molar-refractivity contribution < 1.29 is 17.5 Å². The van der Waals surface area contributed by atoms with Gasteiger partial charge in [0.25, 0.3) is 0 Å². The van der Waals surface area contributed by atoms with Gasteiger partial charge in [-0.1, -0.05) is 6.08 Å². The molecule has 4 nitrogen and oxygen atoms in total. The van der Waals surface area contributed by atoms with Crippen LogP contribution < -0.4 is 0 Å². The predicted molar refractivity (Wildman–Crippen MR) is 36.4 cm³/mol. The zero-order valence-electron chi connectivity index (χ0n) is 5.23. The van der Waals surface area contributed by atoms with Gasteiger partial charge < -0.3 is 9.11 Å². The van der Waals surface area contributed by atoms with Gasteiger partial charge in [0.15, 0.2) is 0 Å². The van der Waals surface area contributed by atoms with Crippen molar-refractivity contribution >= 4 is 22.2 Å². The highest BCUT2D eigenvalue weighted by molar-refractivity contribution is 7.99. The van der Waals surface area contributed by atoms with Crippen molar-refractivity contribution in [3.05, 3.63) is 12.7 Å². The molecule has 0 saturated carbocycles. The van der Waals surface area contributed by atoms with Crippen molar-refractivity contribution in [2.24, 2.45) is 0 Å². The number of rotatable bonds is 3. The highest BCUT2D eigenvalue weighted by atomic mass is 32.3. The molecule has 0 fully saturated rings. The van der Waals surface area contributed by atoms with E-state index >= 15 is 0 Å². The molecular formula is C4H6O4S2-2. The Morgan fingerprint density at radius 1 is 1.40 bits per heavy atom. The van der Waals surface area contributed by atoms with E-state index in [1.165, 1.54) is 0 Å². The molecule has 2 atom stereocenters. The lowest BCUT2D eigenvalue weighted by atomic mass is 10.5. The smallest absolute Gasteiger partial charge is 0.109 e. The largest absolute Gasteiger partial charge is 0.771 e. The summed E-state index contributed by atoms with van der Waals surface area (Å²) in [6.07, 6.45) is 0.860. The molecule has 0 amide bonds. The Bertz CT molecular complexity index is 174. The third-order valence-corrected chi connectivity index (χ3v) is 3.51. The van der Waals surface area contributed by atoms with Crippen LogP contribution in [0.25, 0.3) is 0 Å². The molecule has 2 unspecified atom stereocenters. The van der Waals surface area contributed by atoms with Crippen LogP contribution in [0.1, 0.15) is 6.92 Å². The Balaban J connectivity index is 4.72. The summed E-state index contributed by atoms with van der Waals surface area (Å²) in [5.74, 6) is 0. The van der Waals surface area contributed by atoms with Gasteiger partial charge in [-0.2, -0.15) is 0 Å². The molecule has 0 radical (unpaired) electrons. The predicted octanol–water partition coefficient (Wildman–Crippen LogP) is -0.353. The van der Waals surface area contributed by atoms with E-state index in [9.17, 15) is 17.5 Å². The van der Waals surface area contributed by atoms with Gasteiger partial charge in [-0.3, -0.25) is 8.42 Å². The third kappa shape index (κ3) is 1.72. The second-order valence-corrected chi connectivity index (χ2v) is 4.58. The van der Waals surface area contributed by atoms with E-state index in [2.05, 4.69) is 6.58 Å². The first-order valence-corrected chi connectivity index (χ1v) is 4.42. The van der Waals surface area contributed by atoms with Crippen LogP contribution in [-0.4, -0.2) is 21.6 Å². The summed E-state index contributed by atoms with van der Waals surface area (Å²) in [7, 11) is 0. The Hall–Kier alpha value is -0.0400. The van der Waals surface area contributed by atoms with Gasteiger partial charge in [-0.25, -0.2) is 0 Å². The van der Waals surface area contributed by atoms with E-state index < -0.39 is 26.2 Å². The number of hydrogen-bond donors (Lipinski definition) is 0. The minimum Gasteiger partial charge on any atom is -0.771 e. The van der Waals surface area contributed by atoms with Gasteiger partial charge >= 0.3 is 0 Å². The van der Waals surface area contributed by atoms with E-state index in [-0.39, 0.29) is 0 Å². The normalized spacial score (nSPS) is 22.7. The Morgan fingerprint density at radius 3 is 1.70 bits per heavy atom. The zero-order chi connectivity index (χ0) is 8.36. The molecule has 0 bridgehead atoms. The van der Waals surface area contributed by atoms with Gasteiger partial charge in [0.2, 0.25) is 0 Å². The van der Waals surface area contributed by atoms with Crippen LogP contribution in [0.5, 0.6) is 0 Å². The molecule has 0 aromatic heterocycles. The lowest BCUT2D eigenvalue weighted by Crippen LogP contribution is -2.32.